The monoisotopic (exact) mass is 729 g/mol. The third kappa shape index (κ3) is 7.19. The van der Waals surface area contributed by atoms with Crippen LogP contribution in [0.15, 0.2) is 42.6 Å². The van der Waals surface area contributed by atoms with Crippen LogP contribution in [0.25, 0.3) is 10.9 Å². The van der Waals surface area contributed by atoms with E-state index in [1.54, 1.807) is 43.5 Å². The molecule has 2 saturated carbocycles. The number of benzene rings is 1. The fraction of sp³-hybridized carbons (Fsp3) is 0.571. The van der Waals surface area contributed by atoms with Gasteiger partial charge in [0.15, 0.2) is 0 Å². The molecule has 4 amide bonds. The predicted molar refractivity (Wildman–Crippen MR) is 183 cm³/mol. The van der Waals surface area contributed by atoms with Crippen molar-refractivity contribution in [2.24, 2.45) is 17.8 Å². The number of alkyl halides is 1. The molecule has 1 saturated heterocycles. The number of aromatic nitrogens is 1. The summed E-state index contributed by atoms with van der Waals surface area (Å²) in [5.41, 5.74) is -1.06. The average Bonchev–Trinajstić information content (AvgIpc) is 3.99. The Labute approximate surface area is 295 Å². The third-order valence-corrected chi connectivity index (χ3v) is 12.9. The lowest BCUT2D eigenvalue weighted by Crippen LogP contribution is -2.59. The maximum absolute atomic E-state index is 14.3. The van der Waals surface area contributed by atoms with Crippen molar-refractivity contribution in [3.63, 3.8) is 0 Å². The van der Waals surface area contributed by atoms with E-state index in [1.807, 2.05) is 13.0 Å². The number of ether oxygens (including phenoxy) is 2. The Hall–Kier alpha value is -4.47. The zero-order chi connectivity index (χ0) is 36.7. The summed E-state index contributed by atoms with van der Waals surface area (Å²) in [6, 6.07) is 4.56. The first-order valence-electron chi connectivity index (χ1n) is 17.2. The van der Waals surface area contributed by atoms with E-state index in [1.165, 1.54) is 12.0 Å². The number of rotatable bonds is 8. The van der Waals surface area contributed by atoms with Gasteiger partial charge in [-0.15, -0.1) is 0 Å². The van der Waals surface area contributed by atoms with Crippen LogP contribution in [0.5, 0.6) is 11.5 Å². The van der Waals surface area contributed by atoms with Crippen LogP contribution in [0.2, 0.25) is 0 Å². The molecule has 51 heavy (non-hydrogen) atoms. The van der Waals surface area contributed by atoms with Crippen molar-refractivity contribution in [3.05, 3.63) is 42.6 Å². The van der Waals surface area contributed by atoms with Crippen LogP contribution in [0.4, 0.5) is 9.18 Å². The number of carboxylic acid groups (broad SMARTS) is 1. The summed E-state index contributed by atoms with van der Waals surface area (Å²) >= 11 is 0. The van der Waals surface area contributed by atoms with Gasteiger partial charge in [0, 0.05) is 30.0 Å². The summed E-state index contributed by atoms with van der Waals surface area (Å²) in [5, 5.41) is 15.5. The van der Waals surface area contributed by atoms with E-state index in [0.717, 1.165) is 0 Å². The number of pyridine rings is 1. The minimum absolute atomic E-state index is 0.0103. The van der Waals surface area contributed by atoms with Crippen LogP contribution >= 0.6 is 0 Å². The van der Waals surface area contributed by atoms with E-state index >= 15 is 0 Å². The molecule has 1 aromatic carbocycles. The lowest BCUT2D eigenvalue weighted by molar-refractivity contribution is -0.142. The molecule has 6 rings (SSSR count). The SMILES string of the molecule is COc1ccc2c(OC3CC4C(=O)NC5(C(=O)NS(=O)(=O)C6(CF)CC6)CC5C=CCCC(C)CC(C)C(NC(=O)O)C(=O)N4C3)ccnc2c1. The second-order valence-electron chi connectivity index (χ2n) is 14.4. The molecular weight excluding hydrogens is 685 g/mol. The highest BCUT2D eigenvalue weighted by atomic mass is 32.2. The summed E-state index contributed by atoms with van der Waals surface area (Å²) < 4.78 is 52.0. The summed E-state index contributed by atoms with van der Waals surface area (Å²) in [5.74, 6) is -2.15. The van der Waals surface area contributed by atoms with Crippen molar-refractivity contribution in [3.8, 4) is 11.5 Å². The van der Waals surface area contributed by atoms with E-state index < -0.39 is 80.8 Å². The Kier molecular flexibility index (Phi) is 9.92. The minimum atomic E-state index is -4.38. The van der Waals surface area contributed by atoms with Crippen molar-refractivity contribution in [2.45, 2.75) is 87.3 Å². The van der Waals surface area contributed by atoms with Crippen molar-refractivity contribution < 1.29 is 46.6 Å². The number of carbonyl (C=O) groups is 4. The molecule has 16 heteroatoms. The number of methoxy groups -OCH3 is 1. The summed E-state index contributed by atoms with van der Waals surface area (Å²) in [7, 11) is -2.84. The van der Waals surface area contributed by atoms with Crippen molar-refractivity contribution in [1.29, 1.82) is 0 Å². The number of carbonyl (C=O) groups excluding carboxylic acids is 3. The fourth-order valence-electron chi connectivity index (χ4n) is 7.39. The second-order valence-corrected chi connectivity index (χ2v) is 16.5. The van der Waals surface area contributed by atoms with Gasteiger partial charge >= 0.3 is 6.09 Å². The molecule has 7 unspecified atom stereocenters. The van der Waals surface area contributed by atoms with Gasteiger partial charge in [0.25, 0.3) is 5.91 Å². The Morgan fingerprint density at radius 3 is 2.63 bits per heavy atom. The lowest BCUT2D eigenvalue weighted by Gasteiger charge is -2.32. The molecule has 0 spiro atoms. The van der Waals surface area contributed by atoms with E-state index in [4.69, 9.17) is 9.47 Å². The fourth-order valence-corrected chi connectivity index (χ4v) is 8.82. The van der Waals surface area contributed by atoms with Gasteiger partial charge in [0.2, 0.25) is 21.8 Å². The highest BCUT2D eigenvalue weighted by molar-refractivity contribution is 7.91. The van der Waals surface area contributed by atoms with E-state index in [-0.39, 0.29) is 38.1 Å². The first kappa shape index (κ1) is 36.3. The van der Waals surface area contributed by atoms with Gasteiger partial charge in [-0.2, -0.15) is 0 Å². The number of nitrogens with zero attached hydrogens (tertiary/aromatic N) is 2. The first-order chi connectivity index (χ1) is 24.2. The zero-order valence-electron chi connectivity index (χ0n) is 28.8. The van der Waals surface area contributed by atoms with Crippen LogP contribution in [0.1, 0.15) is 58.8 Å². The Balaban J connectivity index is 1.33. The van der Waals surface area contributed by atoms with Crippen molar-refractivity contribution >= 4 is 44.7 Å². The molecule has 1 aromatic heterocycles. The number of amides is 4. The lowest BCUT2D eigenvalue weighted by atomic mass is 9.88. The largest absolute Gasteiger partial charge is 0.497 e. The summed E-state index contributed by atoms with van der Waals surface area (Å²) in [6.45, 7) is 2.58. The van der Waals surface area contributed by atoms with Crippen LogP contribution in [-0.2, 0) is 24.4 Å². The quantitative estimate of drug-likeness (QED) is 0.294. The number of allylic oxidation sites excluding steroid dienone is 1. The van der Waals surface area contributed by atoms with Gasteiger partial charge < -0.3 is 30.1 Å². The molecule has 3 fully saturated rings. The highest BCUT2D eigenvalue weighted by Crippen LogP contribution is 2.48. The molecule has 14 nitrogen and oxygen atoms in total. The summed E-state index contributed by atoms with van der Waals surface area (Å²) in [4.78, 5) is 60.0. The third-order valence-electron chi connectivity index (χ3n) is 10.7. The molecule has 2 aromatic rings. The topological polar surface area (TPSA) is 193 Å². The first-order valence-corrected chi connectivity index (χ1v) is 18.7. The van der Waals surface area contributed by atoms with Crippen LogP contribution in [0.3, 0.4) is 0 Å². The van der Waals surface area contributed by atoms with Gasteiger partial charge in [0.05, 0.1) is 19.2 Å². The van der Waals surface area contributed by atoms with Gasteiger partial charge in [-0.05, 0) is 68.6 Å². The maximum atomic E-state index is 14.3. The van der Waals surface area contributed by atoms with E-state index in [9.17, 15) is 37.1 Å². The van der Waals surface area contributed by atoms with Crippen LogP contribution in [-0.4, -0.2) is 96.0 Å². The van der Waals surface area contributed by atoms with Crippen LogP contribution < -0.4 is 24.8 Å². The Bertz CT molecular complexity index is 1850. The molecule has 0 bridgehead atoms. The number of hydrogen-bond acceptors (Lipinski definition) is 9. The number of sulfonamides is 1. The van der Waals surface area contributed by atoms with Gasteiger partial charge in [0.1, 0.15) is 46.6 Å². The number of nitrogens with one attached hydrogen (secondary N) is 3. The predicted octanol–water partition coefficient (Wildman–Crippen LogP) is 3.06. The molecule has 4 aliphatic rings. The molecule has 2 aliphatic heterocycles. The smallest absolute Gasteiger partial charge is 0.405 e. The normalized spacial score (nSPS) is 30.5. The molecule has 0 radical (unpaired) electrons. The highest BCUT2D eigenvalue weighted by Gasteiger charge is 2.64. The Morgan fingerprint density at radius 1 is 1.18 bits per heavy atom. The molecule has 4 N–H and O–H groups in total. The molecule has 3 heterocycles. The van der Waals surface area contributed by atoms with Gasteiger partial charge in [-0.1, -0.05) is 26.0 Å². The van der Waals surface area contributed by atoms with Crippen molar-refractivity contribution in [1.82, 2.24) is 25.2 Å². The van der Waals surface area contributed by atoms with Gasteiger partial charge in [-0.3, -0.25) is 24.1 Å². The minimum Gasteiger partial charge on any atom is -0.497 e. The average molecular weight is 730 g/mol. The number of halogens is 1. The number of fused-ring (bicyclic) bond motifs is 3. The second kappa shape index (κ2) is 13.9. The molecule has 276 valence electrons. The maximum Gasteiger partial charge on any atom is 0.405 e. The van der Waals surface area contributed by atoms with Crippen LogP contribution in [0, 0.1) is 17.8 Å². The molecule has 7 atom stereocenters. The van der Waals surface area contributed by atoms with Gasteiger partial charge in [-0.25, -0.2) is 17.6 Å². The summed E-state index contributed by atoms with van der Waals surface area (Å²) in [6.07, 6.45) is 5.19. The van der Waals surface area contributed by atoms with Crippen molar-refractivity contribution in [2.75, 3.05) is 20.3 Å². The zero-order valence-corrected chi connectivity index (χ0v) is 29.6. The Morgan fingerprint density at radius 2 is 1.94 bits per heavy atom. The number of hydrogen-bond donors (Lipinski definition) is 4. The van der Waals surface area contributed by atoms with E-state index in [2.05, 4.69) is 20.3 Å². The van der Waals surface area contributed by atoms with E-state index in [0.29, 0.717) is 41.7 Å². The molecule has 2 aliphatic carbocycles. The molecular formula is C35H44FN5O9S. The standard InChI is InChI=1S/C35H44FN5O9S/c1-20-6-4-5-7-22-17-35(22,32(44)40-51(47,48)34(19-36)11-12-34)39-30(42)27-16-24(18-41(27)31(43)29(21(2)14-20)38-33(45)46)50-28-10-13-37-26-15-23(49-3)8-9-25(26)28/h5,7-10,13,15,20-22,24,27,29,38H,4,6,11-12,14,16-19H2,1-3H3,(H,39,42)(H,40,44)(H,45,46).